The third-order valence-corrected chi connectivity index (χ3v) is 3.09. The van der Waals surface area contributed by atoms with Crippen LogP contribution in [-0.4, -0.2) is 38.9 Å². The molecule has 134 valence electrons. The van der Waals surface area contributed by atoms with E-state index in [0.717, 1.165) is 5.56 Å². The summed E-state index contributed by atoms with van der Waals surface area (Å²) < 4.78 is 6.75. The largest absolute Gasteiger partial charge is 0.444 e. The molecule has 0 saturated heterocycles. The molecule has 0 bridgehead atoms. The zero-order valence-corrected chi connectivity index (χ0v) is 14.7. The molecule has 8 heteroatoms. The van der Waals surface area contributed by atoms with Gasteiger partial charge in [-0.15, -0.1) is 0 Å². The smallest absolute Gasteiger partial charge is 0.407 e. The zero-order valence-electron chi connectivity index (χ0n) is 14.7. The van der Waals surface area contributed by atoms with Crippen molar-refractivity contribution in [1.29, 1.82) is 0 Å². The summed E-state index contributed by atoms with van der Waals surface area (Å²) in [4.78, 5) is 27.7. The van der Waals surface area contributed by atoms with Crippen LogP contribution >= 0.6 is 0 Å². The maximum atomic E-state index is 11.9. The van der Waals surface area contributed by atoms with Gasteiger partial charge in [-0.3, -0.25) is 4.79 Å². The highest BCUT2D eigenvalue weighted by Gasteiger charge is 2.16. The van der Waals surface area contributed by atoms with Gasteiger partial charge in [-0.25, -0.2) is 14.5 Å². The molecule has 0 radical (unpaired) electrons. The third kappa shape index (κ3) is 6.25. The lowest BCUT2D eigenvalue weighted by atomic mass is 10.2. The Morgan fingerprint density at radius 2 is 2.00 bits per heavy atom. The van der Waals surface area contributed by atoms with Gasteiger partial charge in [-0.1, -0.05) is 6.07 Å². The van der Waals surface area contributed by atoms with Crippen LogP contribution in [0.2, 0.25) is 0 Å². The Morgan fingerprint density at radius 3 is 2.68 bits per heavy atom. The molecule has 0 saturated carbocycles. The molecule has 0 aliphatic heterocycles. The van der Waals surface area contributed by atoms with Crippen molar-refractivity contribution in [2.75, 3.05) is 6.54 Å². The standard InChI is InChI=1S/C17H23N5O3/c1-17(2,3)25-16(24)19-10-7-14(23)20-12-13-6-4-8-18-15(13)22-11-5-9-21-22/h4-6,8-9,11H,7,10,12H2,1-3H3,(H,19,24)(H,20,23). The molecule has 2 heterocycles. The SMILES string of the molecule is CC(C)(C)OC(=O)NCCC(=O)NCc1cccnc1-n1cccn1. The maximum absolute atomic E-state index is 11.9. The van der Waals surface area contributed by atoms with Crippen LogP contribution in [0.15, 0.2) is 36.8 Å². The van der Waals surface area contributed by atoms with Crippen molar-refractivity contribution in [1.82, 2.24) is 25.4 Å². The van der Waals surface area contributed by atoms with E-state index in [1.807, 2.05) is 6.07 Å². The lowest BCUT2D eigenvalue weighted by molar-refractivity contribution is -0.121. The van der Waals surface area contributed by atoms with E-state index in [1.54, 1.807) is 56.2 Å². The van der Waals surface area contributed by atoms with Gasteiger partial charge in [0.05, 0.1) is 0 Å². The first-order valence-corrected chi connectivity index (χ1v) is 8.02. The number of nitrogens with zero attached hydrogens (tertiary/aromatic N) is 3. The van der Waals surface area contributed by atoms with Gasteiger partial charge in [0.15, 0.2) is 5.82 Å². The average Bonchev–Trinajstić information content (AvgIpc) is 3.05. The Labute approximate surface area is 146 Å². The molecule has 0 aliphatic carbocycles. The molecular formula is C17H23N5O3. The van der Waals surface area contributed by atoms with Gasteiger partial charge < -0.3 is 15.4 Å². The molecule has 2 N–H and O–H groups in total. The van der Waals surface area contributed by atoms with E-state index in [0.29, 0.717) is 12.4 Å². The van der Waals surface area contributed by atoms with Crippen molar-refractivity contribution in [3.63, 3.8) is 0 Å². The number of carbonyl (C=O) groups excluding carboxylic acids is 2. The Bertz CT molecular complexity index is 707. The summed E-state index contributed by atoms with van der Waals surface area (Å²) in [5.41, 5.74) is 0.287. The first-order valence-electron chi connectivity index (χ1n) is 8.02. The van der Waals surface area contributed by atoms with Crippen LogP contribution in [0.1, 0.15) is 32.8 Å². The van der Waals surface area contributed by atoms with Crippen molar-refractivity contribution < 1.29 is 14.3 Å². The predicted molar refractivity (Wildman–Crippen MR) is 92.1 cm³/mol. The van der Waals surface area contributed by atoms with Gasteiger partial charge in [-0.2, -0.15) is 5.10 Å². The second-order valence-electron chi connectivity index (χ2n) is 6.39. The fraction of sp³-hybridized carbons (Fsp3) is 0.412. The van der Waals surface area contributed by atoms with Gasteiger partial charge in [-0.05, 0) is 32.9 Å². The molecule has 8 nitrogen and oxygen atoms in total. The van der Waals surface area contributed by atoms with Crippen molar-refractivity contribution >= 4 is 12.0 Å². The highest BCUT2D eigenvalue weighted by Crippen LogP contribution is 2.10. The molecule has 2 aromatic rings. The highest BCUT2D eigenvalue weighted by atomic mass is 16.6. The molecule has 0 atom stereocenters. The lowest BCUT2D eigenvalue weighted by Crippen LogP contribution is -2.35. The minimum atomic E-state index is -0.560. The quantitative estimate of drug-likeness (QED) is 0.832. The second kappa shape index (κ2) is 8.27. The molecule has 25 heavy (non-hydrogen) atoms. The van der Waals surface area contributed by atoms with Crippen LogP contribution in [0.25, 0.3) is 5.82 Å². The monoisotopic (exact) mass is 345 g/mol. The summed E-state index contributed by atoms with van der Waals surface area (Å²) in [5.74, 6) is 0.492. The molecule has 0 aliphatic rings. The van der Waals surface area contributed by atoms with Gasteiger partial charge in [0.2, 0.25) is 5.91 Å². The van der Waals surface area contributed by atoms with Crippen molar-refractivity contribution in [3.05, 3.63) is 42.4 Å². The van der Waals surface area contributed by atoms with E-state index in [4.69, 9.17) is 4.74 Å². The Hall–Kier alpha value is -2.90. The summed E-state index contributed by atoms with van der Waals surface area (Å²) in [6, 6.07) is 5.49. The number of pyridine rings is 1. The number of alkyl carbamates (subject to hydrolysis) is 1. The summed E-state index contributed by atoms with van der Waals surface area (Å²) in [7, 11) is 0. The van der Waals surface area contributed by atoms with Crippen LogP contribution < -0.4 is 10.6 Å². The molecule has 2 aromatic heterocycles. The molecule has 0 fully saturated rings. The van der Waals surface area contributed by atoms with E-state index < -0.39 is 11.7 Å². The fourth-order valence-electron chi connectivity index (χ4n) is 2.04. The van der Waals surface area contributed by atoms with E-state index in [2.05, 4.69) is 20.7 Å². The van der Waals surface area contributed by atoms with E-state index in [9.17, 15) is 9.59 Å². The Morgan fingerprint density at radius 1 is 1.20 bits per heavy atom. The summed E-state index contributed by atoms with van der Waals surface area (Å²) in [6.45, 7) is 5.88. The third-order valence-electron chi connectivity index (χ3n) is 3.09. The van der Waals surface area contributed by atoms with Crippen LogP contribution in [0.3, 0.4) is 0 Å². The molecule has 2 amide bonds. The van der Waals surface area contributed by atoms with Crippen molar-refractivity contribution in [2.45, 2.75) is 39.3 Å². The minimum absolute atomic E-state index is 0.163. The van der Waals surface area contributed by atoms with Gasteiger partial charge in [0.1, 0.15) is 5.60 Å². The molecule has 0 aromatic carbocycles. The van der Waals surface area contributed by atoms with Crippen molar-refractivity contribution in [3.8, 4) is 5.82 Å². The van der Waals surface area contributed by atoms with Gasteiger partial charge in [0.25, 0.3) is 0 Å². The normalized spacial score (nSPS) is 11.0. The zero-order chi connectivity index (χ0) is 18.3. The first kappa shape index (κ1) is 18.4. The average molecular weight is 345 g/mol. The first-order chi connectivity index (χ1) is 11.8. The fourth-order valence-corrected chi connectivity index (χ4v) is 2.04. The number of nitrogens with one attached hydrogen (secondary N) is 2. The van der Waals surface area contributed by atoms with Crippen LogP contribution in [0.4, 0.5) is 4.79 Å². The lowest BCUT2D eigenvalue weighted by Gasteiger charge is -2.19. The number of hydrogen-bond donors (Lipinski definition) is 2. The number of aromatic nitrogens is 3. The molecule has 2 rings (SSSR count). The van der Waals surface area contributed by atoms with Gasteiger partial charge in [0, 0.05) is 43.7 Å². The number of amides is 2. The number of hydrogen-bond acceptors (Lipinski definition) is 5. The molecule has 0 unspecified atom stereocenters. The topological polar surface area (TPSA) is 98.1 Å². The number of rotatable bonds is 6. The van der Waals surface area contributed by atoms with Crippen molar-refractivity contribution in [2.24, 2.45) is 0 Å². The number of ether oxygens (including phenoxy) is 1. The highest BCUT2D eigenvalue weighted by molar-refractivity contribution is 5.77. The summed E-state index contributed by atoms with van der Waals surface area (Å²) in [5, 5.41) is 9.52. The Balaban J connectivity index is 1.79. The maximum Gasteiger partial charge on any atom is 0.407 e. The van der Waals surface area contributed by atoms with Crippen LogP contribution in [-0.2, 0) is 16.1 Å². The second-order valence-corrected chi connectivity index (χ2v) is 6.39. The Kier molecular flexibility index (Phi) is 6.10. The summed E-state index contributed by atoms with van der Waals surface area (Å²) in [6.07, 6.45) is 4.76. The summed E-state index contributed by atoms with van der Waals surface area (Å²) >= 11 is 0. The van der Waals surface area contributed by atoms with E-state index >= 15 is 0 Å². The number of carbonyl (C=O) groups is 2. The van der Waals surface area contributed by atoms with Gasteiger partial charge >= 0.3 is 6.09 Å². The van der Waals surface area contributed by atoms with Crippen LogP contribution in [0.5, 0.6) is 0 Å². The van der Waals surface area contributed by atoms with Crippen LogP contribution in [0, 0.1) is 0 Å². The van der Waals surface area contributed by atoms with E-state index in [1.165, 1.54) is 0 Å². The molecule has 0 spiro atoms. The molecular weight excluding hydrogens is 322 g/mol. The predicted octanol–water partition coefficient (Wildman–Crippen LogP) is 1.80. The minimum Gasteiger partial charge on any atom is -0.444 e. The van der Waals surface area contributed by atoms with E-state index in [-0.39, 0.29) is 18.9 Å².